The van der Waals surface area contributed by atoms with Gasteiger partial charge in [0, 0.05) is 25.1 Å². The maximum Gasteiger partial charge on any atom is 0.137 e. The summed E-state index contributed by atoms with van der Waals surface area (Å²) in [4.78, 5) is 10.9. The van der Waals surface area contributed by atoms with Crippen LogP contribution in [0.1, 0.15) is 38.1 Å². The Bertz CT molecular complexity index is 385. The molecule has 0 unspecified atom stereocenters. The number of aromatic nitrogens is 2. The van der Waals surface area contributed by atoms with Crippen molar-refractivity contribution < 1.29 is 5.11 Å². The zero-order valence-electron chi connectivity index (χ0n) is 11.4. The Morgan fingerprint density at radius 2 is 1.94 bits per heavy atom. The molecular formula is C13H22ClN3O. The number of aliphatic hydroxyl groups excluding tert-OH is 1. The van der Waals surface area contributed by atoms with Crippen molar-refractivity contribution in [1.29, 1.82) is 0 Å². The fourth-order valence-electron chi connectivity index (χ4n) is 1.78. The van der Waals surface area contributed by atoms with Crippen LogP contribution in [-0.4, -0.2) is 34.8 Å². The third-order valence-electron chi connectivity index (χ3n) is 2.87. The quantitative estimate of drug-likeness (QED) is 0.775. The van der Waals surface area contributed by atoms with Crippen molar-refractivity contribution in [3.63, 3.8) is 0 Å². The van der Waals surface area contributed by atoms with Crippen LogP contribution in [0.15, 0.2) is 0 Å². The summed E-state index contributed by atoms with van der Waals surface area (Å²) in [7, 11) is 0. The lowest BCUT2D eigenvalue weighted by Crippen LogP contribution is -2.30. The number of hydrogen-bond donors (Lipinski definition) is 1. The zero-order valence-corrected chi connectivity index (χ0v) is 12.2. The SMILES string of the molecule is CCCCN(CCO)c1nc(CC)nc(Cl)c1C. The second-order valence-electron chi connectivity index (χ2n) is 4.30. The number of aryl methyl sites for hydroxylation is 1. The van der Waals surface area contributed by atoms with E-state index in [4.69, 9.17) is 16.7 Å². The molecule has 0 amide bonds. The molecule has 0 aliphatic rings. The Balaban J connectivity index is 3.04. The first-order chi connectivity index (χ1) is 8.63. The summed E-state index contributed by atoms with van der Waals surface area (Å²) in [6, 6.07) is 0. The van der Waals surface area contributed by atoms with E-state index in [0.29, 0.717) is 11.7 Å². The Hall–Kier alpha value is -0.870. The standard InChI is InChI=1S/C13H22ClN3O/c1-4-6-7-17(8-9-18)13-10(3)12(14)15-11(5-2)16-13/h18H,4-9H2,1-3H3. The lowest BCUT2D eigenvalue weighted by molar-refractivity contribution is 0.301. The zero-order chi connectivity index (χ0) is 13.5. The monoisotopic (exact) mass is 271 g/mol. The first-order valence-electron chi connectivity index (χ1n) is 6.52. The highest BCUT2D eigenvalue weighted by atomic mass is 35.5. The maximum atomic E-state index is 9.17. The van der Waals surface area contributed by atoms with Crippen molar-refractivity contribution in [1.82, 2.24) is 9.97 Å². The van der Waals surface area contributed by atoms with Gasteiger partial charge < -0.3 is 10.0 Å². The lowest BCUT2D eigenvalue weighted by atomic mass is 10.2. The summed E-state index contributed by atoms with van der Waals surface area (Å²) in [5, 5.41) is 9.68. The van der Waals surface area contributed by atoms with E-state index < -0.39 is 0 Å². The van der Waals surface area contributed by atoms with Crippen molar-refractivity contribution >= 4 is 17.4 Å². The highest BCUT2D eigenvalue weighted by molar-refractivity contribution is 6.30. The van der Waals surface area contributed by atoms with E-state index in [1.165, 1.54) is 0 Å². The highest BCUT2D eigenvalue weighted by Crippen LogP contribution is 2.23. The van der Waals surface area contributed by atoms with Crippen molar-refractivity contribution in [2.24, 2.45) is 0 Å². The van der Waals surface area contributed by atoms with Crippen molar-refractivity contribution in [3.05, 3.63) is 16.5 Å². The Morgan fingerprint density at radius 1 is 1.22 bits per heavy atom. The molecule has 0 fully saturated rings. The molecule has 1 heterocycles. The number of nitrogens with zero attached hydrogens (tertiary/aromatic N) is 3. The molecule has 1 rings (SSSR count). The van der Waals surface area contributed by atoms with Crippen LogP contribution in [0, 0.1) is 6.92 Å². The van der Waals surface area contributed by atoms with Crippen LogP contribution in [0.2, 0.25) is 5.15 Å². The summed E-state index contributed by atoms with van der Waals surface area (Å²) >= 11 is 6.14. The van der Waals surface area contributed by atoms with E-state index in [-0.39, 0.29) is 6.61 Å². The number of aliphatic hydroxyl groups is 1. The van der Waals surface area contributed by atoms with Gasteiger partial charge in [-0.1, -0.05) is 31.9 Å². The highest BCUT2D eigenvalue weighted by Gasteiger charge is 2.14. The molecule has 18 heavy (non-hydrogen) atoms. The molecule has 0 bridgehead atoms. The van der Waals surface area contributed by atoms with Crippen LogP contribution in [0.4, 0.5) is 5.82 Å². The smallest absolute Gasteiger partial charge is 0.137 e. The van der Waals surface area contributed by atoms with Gasteiger partial charge in [0.1, 0.15) is 16.8 Å². The molecule has 5 heteroatoms. The molecule has 0 radical (unpaired) electrons. The predicted molar refractivity (Wildman–Crippen MR) is 75.4 cm³/mol. The molecule has 102 valence electrons. The van der Waals surface area contributed by atoms with Crippen LogP contribution < -0.4 is 4.90 Å². The van der Waals surface area contributed by atoms with Crippen LogP contribution in [0.25, 0.3) is 0 Å². The number of halogens is 1. The van der Waals surface area contributed by atoms with Gasteiger partial charge in [-0.25, -0.2) is 9.97 Å². The first-order valence-corrected chi connectivity index (χ1v) is 6.90. The van der Waals surface area contributed by atoms with Crippen LogP contribution in [0.3, 0.4) is 0 Å². The molecule has 4 nitrogen and oxygen atoms in total. The van der Waals surface area contributed by atoms with E-state index in [0.717, 1.165) is 43.0 Å². The summed E-state index contributed by atoms with van der Waals surface area (Å²) in [6.45, 7) is 7.66. The third-order valence-corrected chi connectivity index (χ3v) is 3.24. The predicted octanol–water partition coefficient (Wildman–Crippen LogP) is 2.60. The average molecular weight is 272 g/mol. The summed E-state index contributed by atoms with van der Waals surface area (Å²) in [6.07, 6.45) is 2.94. The fourth-order valence-corrected chi connectivity index (χ4v) is 1.96. The molecule has 0 aliphatic carbocycles. The number of hydrogen-bond acceptors (Lipinski definition) is 4. The van der Waals surface area contributed by atoms with Crippen molar-refractivity contribution in [2.75, 3.05) is 24.6 Å². The minimum atomic E-state index is 0.117. The van der Waals surface area contributed by atoms with Gasteiger partial charge in [-0.2, -0.15) is 0 Å². The molecule has 1 aromatic rings. The van der Waals surface area contributed by atoms with Gasteiger partial charge in [-0.05, 0) is 13.3 Å². The molecule has 1 aromatic heterocycles. The molecule has 1 N–H and O–H groups in total. The normalized spacial score (nSPS) is 10.7. The average Bonchev–Trinajstić information content (AvgIpc) is 2.37. The Labute approximate surface area is 114 Å². The lowest BCUT2D eigenvalue weighted by Gasteiger charge is -2.25. The molecular weight excluding hydrogens is 250 g/mol. The van der Waals surface area contributed by atoms with Crippen LogP contribution >= 0.6 is 11.6 Å². The van der Waals surface area contributed by atoms with Gasteiger partial charge >= 0.3 is 0 Å². The van der Waals surface area contributed by atoms with Gasteiger partial charge in [0.15, 0.2) is 0 Å². The van der Waals surface area contributed by atoms with Gasteiger partial charge in [0.05, 0.1) is 6.61 Å². The molecule has 0 saturated heterocycles. The van der Waals surface area contributed by atoms with E-state index in [1.807, 2.05) is 13.8 Å². The van der Waals surface area contributed by atoms with E-state index in [1.54, 1.807) is 0 Å². The molecule has 0 atom stereocenters. The molecule has 0 spiro atoms. The van der Waals surface area contributed by atoms with Gasteiger partial charge in [0.2, 0.25) is 0 Å². The van der Waals surface area contributed by atoms with E-state index >= 15 is 0 Å². The first kappa shape index (κ1) is 15.2. The van der Waals surface area contributed by atoms with Crippen molar-refractivity contribution in [2.45, 2.75) is 40.0 Å². The second kappa shape index (κ2) is 7.54. The summed E-state index contributed by atoms with van der Waals surface area (Å²) in [5.41, 5.74) is 0.887. The Morgan fingerprint density at radius 3 is 2.50 bits per heavy atom. The van der Waals surface area contributed by atoms with E-state index in [2.05, 4.69) is 21.8 Å². The Kier molecular flexibility index (Phi) is 6.36. The minimum absolute atomic E-state index is 0.117. The number of unbranched alkanes of at least 4 members (excludes halogenated alkanes) is 1. The molecule has 0 saturated carbocycles. The molecule has 0 aliphatic heterocycles. The summed E-state index contributed by atoms with van der Waals surface area (Å²) < 4.78 is 0. The largest absolute Gasteiger partial charge is 0.395 e. The number of anilines is 1. The topological polar surface area (TPSA) is 49.2 Å². The third kappa shape index (κ3) is 3.82. The second-order valence-corrected chi connectivity index (χ2v) is 4.66. The maximum absolute atomic E-state index is 9.17. The minimum Gasteiger partial charge on any atom is -0.395 e. The van der Waals surface area contributed by atoms with Crippen molar-refractivity contribution in [3.8, 4) is 0 Å². The van der Waals surface area contributed by atoms with Gasteiger partial charge in [-0.15, -0.1) is 0 Å². The summed E-state index contributed by atoms with van der Waals surface area (Å²) in [5.74, 6) is 1.61. The van der Waals surface area contributed by atoms with E-state index in [9.17, 15) is 0 Å². The van der Waals surface area contributed by atoms with Gasteiger partial charge in [0.25, 0.3) is 0 Å². The molecule has 0 aromatic carbocycles. The fraction of sp³-hybridized carbons (Fsp3) is 0.692. The van der Waals surface area contributed by atoms with Crippen LogP contribution in [-0.2, 0) is 6.42 Å². The van der Waals surface area contributed by atoms with Crippen LogP contribution in [0.5, 0.6) is 0 Å². The van der Waals surface area contributed by atoms with Gasteiger partial charge in [-0.3, -0.25) is 0 Å². The number of rotatable bonds is 7.